The van der Waals surface area contributed by atoms with Crippen LogP contribution >= 0.6 is 0 Å². The number of piperidine rings is 1. The summed E-state index contributed by atoms with van der Waals surface area (Å²) < 4.78 is 0. The highest BCUT2D eigenvalue weighted by Gasteiger charge is 2.21. The van der Waals surface area contributed by atoms with Gasteiger partial charge in [-0.1, -0.05) is 18.6 Å². The van der Waals surface area contributed by atoms with Crippen molar-refractivity contribution in [2.24, 2.45) is 0 Å². The molecule has 110 valence electrons. The molecule has 1 heterocycles. The first-order chi connectivity index (χ1) is 9.61. The van der Waals surface area contributed by atoms with Gasteiger partial charge in [-0.3, -0.25) is 9.69 Å². The maximum atomic E-state index is 11.8. The fourth-order valence-corrected chi connectivity index (χ4v) is 2.72. The summed E-state index contributed by atoms with van der Waals surface area (Å²) in [7, 11) is 3.52. The predicted octanol–water partition coefficient (Wildman–Crippen LogP) is 1.74. The molecule has 1 amide bonds. The molecule has 1 unspecified atom stereocenters. The number of hydrogen-bond acceptors (Lipinski definition) is 3. The Hall–Kier alpha value is -1.39. The first kappa shape index (κ1) is 15.0. The second-order valence-corrected chi connectivity index (χ2v) is 5.70. The van der Waals surface area contributed by atoms with E-state index in [0.717, 1.165) is 25.1 Å². The molecular weight excluding hydrogens is 252 g/mol. The van der Waals surface area contributed by atoms with E-state index in [0.29, 0.717) is 0 Å². The van der Waals surface area contributed by atoms with Crippen molar-refractivity contribution < 1.29 is 9.90 Å². The lowest BCUT2D eigenvalue weighted by Crippen LogP contribution is -2.41. The highest BCUT2D eigenvalue weighted by atomic mass is 16.3. The summed E-state index contributed by atoms with van der Waals surface area (Å²) in [4.78, 5) is 15.8. The lowest BCUT2D eigenvalue weighted by molar-refractivity contribution is 0.0826. The number of carbonyl (C=O) groups excluding carboxylic acids is 1. The summed E-state index contributed by atoms with van der Waals surface area (Å²) >= 11 is 0. The molecule has 0 aliphatic carbocycles. The van der Waals surface area contributed by atoms with Crippen LogP contribution < -0.4 is 0 Å². The van der Waals surface area contributed by atoms with Crippen molar-refractivity contribution in [1.82, 2.24) is 9.80 Å². The largest absolute Gasteiger partial charge is 0.395 e. The second kappa shape index (κ2) is 6.86. The number of aliphatic hydroxyl groups excluding tert-OH is 1. The van der Waals surface area contributed by atoms with Crippen molar-refractivity contribution in [3.8, 4) is 0 Å². The van der Waals surface area contributed by atoms with E-state index in [4.69, 9.17) is 0 Å². The number of rotatable bonds is 4. The van der Waals surface area contributed by atoms with Gasteiger partial charge in [0.15, 0.2) is 0 Å². The molecule has 0 bridgehead atoms. The predicted molar refractivity (Wildman–Crippen MR) is 79.6 cm³/mol. The van der Waals surface area contributed by atoms with E-state index in [1.807, 2.05) is 24.3 Å². The lowest BCUT2D eigenvalue weighted by Gasteiger charge is -2.34. The summed E-state index contributed by atoms with van der Waals surface area (Å²) in [5.41, 5.74) is 1.91. The highest BCUT2D eigenvalue weighted by molar-refractivity contribution is 5.93. The van der Waals surface area contributed by atoms with Crippen LogP contribution in [-0.2, 0) is 6.54 Å². The zero-order valence-corrected chi connectivity index (χ0v) is 12.4. The fraction of sp³-hybridized carbons (Fsp3) is 0.562. The van der Waals surface area contributed by atoms with Crippen LogP contribution in [0.5, 0.6) is 0 Å². The lowest BCUT2D eigenvalue weighted by atomic mass is 10.0. The average Bonchev–Trinajstić information content (AvgIpc) is 2.48. The maximum absolute atomic E-state index is 11.8. The van der Waals surface area contributed by atoms with Gasteiger partial charge in [0, 0.05) is 32.2 Å². The molecule has 1 aromatic rings. The minimum absolute atomic E-state index is 0.0303. The van der Waals surface area contributed by atoms with E-state index in [2.05, 4.69) is 4.90 Å². The van der Waals surface area contributed by atoms with Crippen LogP contribution in [0, 0.1) is 0 Å². The molecule has 1 aliphatic rings. The van der Waals surface area contributed by atoms with Crippen LogP contribution in [0.2, 0.25) is 0 Å². The first-order valence-electron chi connectivity index (χ1n) is 7.27. The molecule has 2 rings (SSSR count). The number of carbonyl (C=O) groups is 1. The van der Waals surface area contributed by atoms with Gasteiger partial charge >= 0.3 is 0 Å². The topological polar surface area (TPSA) is 43.8 Å². The van der Waals surface area contributed by atoms with E-state index in [1.165, 1.54) is 18.4 Å². The number of benzene rings is 1. The van der Waals surface area contributed by atoms with E-state index in [-0.39, 0.29) is 18.6 Å². The highest BCUT2D eigenvalue weighted by Crippen LogP contribution is 2.19. The van der Waals surface area contributed by atoms with Crippen molar-refractivity contribution in [2.45, 2.75) is 31.8 Å². The van der Waals surface area contributed by atoms with Crippen LogP contribution in [0.25, 0.3) is 0 Å². The number of hydrogen-bond donors (Lipinski definition) is 1. The molecule has 1 atom stereocenters. The van der Waals surface area contributed by atoms with Crippen LogP contribution in [0.4, 0.5) is 0 Å². The molecule has 0 saturated carbocycles. The number of aliphatic hydroxyl groups is 1. The van der Waals surface area contributed by atoms with Gasteiger partial charge in [-0.05, 0) is 37.1 Å². The van der Waals surface area contributed by atoms with Gasteiger partial charge in [0.2, 0.25) is 0 Å². The molecule has 4 nitrogen and oxygen atoms in total. The van der Waals surface area contributed by atoms with Gasteiger partial charge in [-0.25, -0.2) is 0 Å². The van der Waals surface area contributed by atoms with E-state index >= 15 is 0 Å². The normalized spacial score (nSPS) is 19.9. The first-order valence-corrected chi connectivity index (χ1v) is 7.27. The third kappa shape index (κ3) is 3.58. The SMILES string of the molecule is CN(C)C(=O)c1ccc(CN2CCCCC2CO)cc1. The molecule has 20 heavy (non-hydrogen) atoms. The van der Waals surface area contributed by atoms with Crippen LogP contribution in [-0.4, -0.2) is 54.1 Å². The minimum Gasteiger partial charge on any atom is -0.395 e. The third-order valence-corrected chi connectivity index (χ3v) is 3.95. The Bertz CT molecular complexity index is 442. The van der Waals surface area contributed by atoms with Gasteiger partial charge in [0.1, 0.15) is 0 Å². The smallest absolute Gasteiger partial charge is 0.253 e. The Morgan fingerprint density at radius 3 is 2.60 bits per heavy atom. The molecule has 1 aliphatic heterocycles. The average molecular weight is 276 g/mol. The molecule has 0 aromatic heterocycles. The van der Waals surface area contributed by atoms with Crippen LogP contribution in [0.1, 0.15) is 35.2 Å². The Kier molecular flexibility index (Phi) is 5.15. The summed E-state index contributed by atoms with van der Waals surface area (Å²) in [5, 5.41) is 9.43. The van der Waals surface area contributed by atoms with Gasteiger partial charge in [0.25, 0.3) is 5.91 Å². The molecule has 0 spiro atoms. The second-order valence-electron chi connectivity index (χ2n) is 5.70. The van der Waals surface area contributed by atoms with Gasteiger partial charge in [0.05, 0.1) is 6.61 Å². The van der Waals surface area contributed by atoms with Gasteiger partial charge in [-0.2, -0.15) is 0 Å². The quantitative estimate of drug-likeness (QED) is 0.911. The number of likely N-dealkylation sites (tertiary alicyclic amines) is 1. The summed E-state index contributed by atoms with van der Waals surface area (Å²) in [6, 6.07) is 8.08. The zero-order valence-electron chi connectivity index (χ0n) is 12.4. The Labute approximate surface area is 121 Å². The van der Waals surface area contributed by atoms with E-state index in [9.17, 15) is 9.90 Å². The van der Waals surface area contributed by atoms with E-state index < -0.39 is 0 Å². The number of amides is 1. The summed E-state index contributed by atoms with van der Waals surface area (Å²) in [6.45, 7) is 2.13. The van der Waals surface area contributed by atoms with Crippen molar-refractivity contribution in [2.75, 3.05) is 27.2 Å². The van der Waals surface area contributed by atoms with Crippen LogP contribution in [0.15, 0.2) is 24.3 Å². The summed E-state index contributed by atoms with van der Waals surface area (Å²) in [6.07, 6.45) is 3.49. The van der Waals surface area contributed by atoms with Crippen LogP contribution in [0.3, 0.4) is 0 Å². The zero-order chi connectivity index (χ0) is 14.5. The molecule has 4 heteroatoms. The van der Waals surface area contributed by atoms with Gasteiger partial charge < -0.3 is 10.0 Å². The van der Waals surface area contributed by atoms with Crippen molar-refractivity contribution >= 4 is 5.91 Å². The Morgan fingerprint density at radius 1 is 1.30 bits per heavy atom. The standard InChI is InChI=1S/C16H24N2O2/c1-17(2)16(20)14-8-6-13(7-9-14)11-18-10-4-3-5-15(18)12-19/h6-9,15,19H,3-5,10-12H2,1-2H3. The van der Waals surface area contributed by atoms with Crippen molar-refractivity contribution in [1.29, 1.82) is 0 Å². The molecular formula is C16H24N2O2. The van der Waals surface area contributed by atoms with Crippen molar-refractivity contribution in [3.05, 3.63) is 35.4 Å². The monoisotopic (exact) mass is 276 g/mol. The summed E-state index contributed by atoms with van der Waals surface area (Å²) in [5.74, 6) is 0.0303. The molecule has 0 radical (unpaired) electrons. The van der Waals surface area contributed by atoms with Crippen molar-refractivity contribution in [3.63, 3.8) is 0 Å². The van der Waals surface area contributed by atoms with Gasteiger partial charge in [-0.15, -0.1) is 0 Å². The molecule has 1 fully saturated rings. The maximum Gasteiger partial charge on any atom is 0.253 e. The Balaban J connectivity index is 2.01. The molecule has 1 N–H and O–H groups in total. The molecule has 1 aromatic carbocycles. The fourth-order valence-electron chi connectivity index (χ4n) is 2.72. The Morgan fingerprint density at radius 2 is 2.00 bits per heavy atom. The molecule has 1 saturated heterocycles. The third-order valence-electron chi connectivity index (χ3n) is 3.95. The number of nitrogens with zero attached hydrogens (tertiary/aromatic N) is 2. The van der Waals surface area contributed by atoms with E-state index in [1.54, 1.807) is 19.0 Å². The minimum atomic E-state index is 0.0303.